The number of fused-ring (bicyclic) bond motifs is 3. The van der Waals surface area contributed by atoms with Gasteiger partial charge in [-0.1, -0.05) is 12.1 Å². The second-order valence-electron chi connectivity index (χ2n) is 10.9. The van der Waals surface area contributed by atoms with Gasteiger partial charge in [0, 0.05) is 55.6 Å². The summed E-state index contributed by atoms with van der Waals surface area (Å²) in [4.78, 5) is 38.3. The summed E-state index contributed by atoms with van der Waals surface area (Å²) in [7, 11) is 1.34. The first-order chi connectivity index (χ1) is 20.6. The Morgan fingerprint density at radius 2 is 1.95 bits per heavy atom. The molecular formula is C33H40N4O5. The number of carbonyl (C=O) groups excluding carboxylic acids is 2. The van der Waals surface area contributed by atoms with Gasteiger partial charge in [-0.2, -0.15) is 0 Å². The average molecular weight is 573 g/mol. The molecule has 3 aromatic rings. The summed E-state index contributed by atoms with van der Waals surface area (Å²) in [6, 6.07) is 14.4. The van der Waals surface area contributed by atoms with Gasteiger partial charge < -0.3 is 19.1 Å². The van der Waals surface area contributed by atoms with Crippen LogP contribution >= 0.6 is 0 Å². The maximum Gasteiger partial charge on any atom is 0.343 e. The Bertz CT molecular complexity index is 1340. The van der Waals surface area contributed by atoms with Crippen LogP contribution in [0.2, 0.25) is 0 Å². The number of nitrogens with zero attached hydrogens (tertiary/aromatic N) is 4. The lowest BCUT2D eigenvalue weighted by Gasteiger charge is -2.36. The molecule has 42 heavy (non-hydrogen) atoms. The molecule has 222 valence electrons. The predicted octanol–water partition coefficient (Wildman–Crippen LogP) is 4.68. The molecule has 2 aromatic carbocycles. The van der Waals surface area contributed by atoms with Gasteiger partial charge in [0.2, 0.25) is 5.91 Å². The van der Waals surface area contributed by atoms with E-state index < -0.39 is 5.97 Å². The summed E-state index contributed by atoms with van der Waals surface area (Å²) in [5.41, 5.74) is 3.80. The number of hydrogen-bond donors (Lipinski definition) is 0. The Hall–Kier alpha value is -3.98. The monoisotopic (exact) mass is 572 g/mol. The molecule has 0 spiro atoms. The number of piperidine rings is 1. The third kappa shape index (κ3) is 8.06. The van der Waals surface area contributed by atoms with Crippen molar-refractivity contribution in [1.82, 2.24) is 19.8 Å². The fourth-order valence-electron chi connectivity index (χ4n) is 5.80. The van der Waals surface area contributed by atoms with E-state index in [1.807, 2.05) is 30.3 Å². The molecule has 0 saturated carbocycles. The van der Waals surface area contributed by atoms with Crippen LogP contribution in [0.4, 0.5) is 0 Å². The van der Waals surface area contributed by atoms with Crippen LogP contribution in [0.1, 0.15) is 49.7 Å². The van der Waals surface area contributed by atoms with E-state index in [0.717, 1.165) is 67.8 Å². The number of aromatic nitrogens is 2. The standard InChI is InChI=1S/C33H40N4O5/c1-40-33(39)24-42-31-13-11-26(30-22-34-14-15-35-30)21-27(31)23-36-16-5-9-32(38)37-17-3-2-7-28(37)12-10-25-6-4-8-29(20-25)41-19-18-36/h4,6,8,11,13-15,20-22,28H,2-3,5,7,9-10,12,16-19,23-24H2,1H3. The first-order valence-corrected chi connectivity index (χ1v) is 14.9. The molecule has 0 aliphatic carbocycles. The van der Waals surface area contributed by atoms with Crippen molar-refractivity contribution < 1.29 is 23.8 Å². The lowest BCUT2D eigenvalue weighted by atomic mass is 9.95. The highest BCUT2D eigenvalue weighted by Gasteiger charge is 2.26. The van der Waals surface area contributed by atoms with Crippen LogP contribution in [0.25, 0.3) is 11.3 Å². The molecular weight excluding hydrogens is 532 g/mol. The lowest BCUT2D eigenvalue weighted by Crippen LogP contribution is -2.44. The molecule has 1 atom stereocenters. The molecule has 0 radical (unpaired) electrons. The minimum absolute atomic E-state index is 0.182. The lowest BCUT2D eigenvalue weighted by molar-refractivity contribution is -0.143. The highest BCUT2D eigenvalue weighted by molar-refractivity contribution is 5.76. The molecule has 2 aliphatic heterocycles. The zero-order chi connectivity index (χ0) is 29.1. The average Bonchev–Trinajstić information content (AvgIpc) is 3.03. The summed E-state index contributed by atoms with van der Waals surface area (Å²) in [5, 5.41) is 0. The van der Waals surface area contributed by atoms with Gasteiger partial charge in [0.05, 0.1) is 19.0 Å². The van der Waals surface area contributed by atoms with E-state index in [0.29, 0.717) is 37.9 Å². The van der Waals surface area contributed by atoms with Crippen molar-refractivity contribution in [1.29, 1.82) is 0 Å². The van der Waals surface area contributed by atoms with E-state index in [9.17, 15) is 9.59 Å². The smallest absolute Gasteiger partial charge is 0.343 e. The SMILES string of the molecule is COC(=O)COc1ccc(-c2cnccn2)cc1CN1CCCC(=O)N2CCCCC2CCc2cccc(c2)OCC1. The molecule has 1 fully saturated rings. The predicted molar refractivity (Wildman–Crippen MR) is 159 cm³/mol. The van der Waals surface area contributed by atoms with Crippen molar-refractivity contribution in [3.8, 4) is 22.8 Å². The summed E-state index contributed by atoms with van der Waals surface area (Å²) in [6.45, 7) is 3.12. The third-order valence-electron chi connectivity index (χ3n) is 8.04. The van der Waals surface area contributed by atoms with Crippen molar-refractivity contribution in [2.45, 2.75) is 57.5 Å². The second-order valence-corrected chi connectivity index (χ2v) is 10.9. The van der Waals surface area contributed by atoms with Crippen molar-refractivity contribution >= 4 is 11.9 Å². The highest BCUT2D eigenvalue weighted by Crippen LogP contribution is 2.28. The number of ether oxygens (including phenoxy) is 3. The van der Waals surface area contributed by atoms with Crippen LogP contribution in [0.15, 0.2) is 61.1 Å². The number of esters is 1. The minimum Gasteiger partial charge on any atom is -0.492 e. The maximum absolute atomic E-state index is 13.4. The second kappa shape index (κ2) is 14.8. The van der Waals surface area contributed by atoms with E-state index >= 15 is 0 Å². The molecule has 1 amide bonds. The van der Waals surface area contributed by atoms with Gasteiger partial charge in [0.15, 0.2) is 6.61 Å². The van der Waals surface area contributed by atoms with Gasteiger partial charge in [0.25, 0.3) is 0 Å². The number of benzene rings is 2. The molecule has 1 saturated heterocycles. The fraction of sp³-hybridized carbons (Fsp3) is 0.455. The van der Waals surface area contributed by atoms with Crippen molar-refractivity contribution in [3.05, 3.63) is 72.2 Å². The van der Waals surface area contributed by atoms with Crippen molar-refractivity contribution in [2.75, 3.05) is 40.0 Å². The Morgan fingerprint density at radius 1 is 1.02 bits per heavy atom. The molecule has 2 bridgehead atoms. The van der Waals surface area contributed by atoms with Gasteiger partial charge in [-0.25, -0.2) is 4.79 Å². The van der Waals surface area contributed by atoms with Gasteiger partial charge in [-0.05, 0) is 81.0 Å². The Balaban J connectivity index is 1.37. The van der Waals surface area contributed by atoms with Crippen molar-refractivity contribution in [3.63, 3.8) is 0 Å². The van der Waals surface area contributed by atoms with Crippen LogP contribution in [-0.4, -0.2) is 77.6 Å². The third-order valence-corrected chi connectivity index (χ3v) is 8.04. The quantitative estimate of drug-likeness (QED) is 0.393. The van der Waals surface area contributed by atoms with Gasteiger partial charge in [0.1, 0.15) is 18.1 Å². The van der Waals surface area contributed by atoms with E-state index in [1.165, 1.54) is 19.1 Å². The Morgan fingerprint density at radius 3 is 2.81 bits per heavy atom. The summed E-state index contributed by atoms with van der Waals surface area (Å²) >= 11 is 0. The number of methoxy groups -OCH3 is 1. The topological polar surface area (TPSA) is 94.1 Å². The molecule has 2 aliphatic rings. The van der Waals surface area contributed by atoms with Crippen LogP contribution in [0, 0.1) is 0 Å². The van der Waals surface area contributed by atoms with Crippen LogP contribution in [0.5, 0.6) is 11.5 Å². The molecule has 5 rings (SSSR count). The van der Waals surface area contributed by atoms with Crippen LogP contribution in [-0.2, 0) is 27.3 Å². The molecule has 3 heterocycles. The first-order valence-electron chi connectivity index (χ1n) is 14.9. The molecule has 9 nitrogen and oxygen atoms in total. The molecule has 0 N–H and O–H groups in total. The Kier molecular flexibility index (Phi) is 10.4. The van der Waals surface area contributed by atoms with E-state index in [-0.39, 0.29) is 12.5 Å². The Labute approximate surface area is 247 Å². The number of rotatable bonds is 6. The maximum atomic E-state index is 13.4. The highest BCUT2D eigenvalue weighted by atomic mass is 16.6. The number of aryl methyl sites for hydroxylation is 1. The zero-order valence-electron chi connectivity index (χ0n) is 24.4. The molecule has 9 heteroatoms. The van der Waals surface area contributed by atoms with Crippen molar-refractivity contribution in [2.24, 2.45) is 0 Å². The van der Waals surface area contributed by atoms with E-state index in [4.69, 9.17) is 14.2 Å². The normalized spacial score (nSPS) is 18.6. The van der Waals surface area contributed by atoms with Crippen LogP contribution < -0.4 is 9.47 Å². The summed E-state index contributed by atoms with van der Waals surface area (Å²) in [6.07, 6.45) is 11.6. The van der Waals surface area contributed by atoms with E-state index in [1.54, 1.807) is 18.6 Å². The van der Waals surface area contributed by atoms with Crippen LogP contribution in [0.3, 0.4) is 0 Å². The minimum atomic E-state index is -0.446. The zero-order valence-corrected chi connectivity index (χ0v) is 24.4. The number of hydrogen-bond acceptors (Lipinski definition) is 8. The van der Waals surface area contributed by atoms with E-state index in [2.05, 4.69) is 31.9 Å². The number of amides is 1. The summed E-state index contributed by atoms with van der Waals surface area (Å²) in [5.74, 6) is 1.28. The molecule has 1 unspecified atom stereocenters. The van der Waals surface area contributed by atoms with Gasteiger partial charge in [-0.15, -0.1) is 0 Å². The van der Waals surface area contributed by atoms with Gasteiger partial charge in [-0.3, -0.25) is 19.7 Å². The first kappa shape index (κ1) is 29.5. The largest absolute Gasteiger partial charge is 0.492 e. The molecule has 1 aromatic heterocycles. The number of carbonyl (C=O) groups is 2. The van der Waals surface area contributed by atoms with Gasteiger partial charge >= 0.3 is 5.97 Å². The summed E-state index contributed by atoms with van der Waals surface area (Å²) < 4.78 is 16.9. The fourth-order valence-corrected chi connectivity index (χ4v) is 5.80.